The van der Waals surface area contributed by atoms with Crippen molar-refractivity contribution in [2.24, 2.45) is 5.92 Å². The van der Waals surface area contributed by atoms with E-state index in [1.807, 2.05) is 25.1 Å². The highest BCUT2D eigenvalue weighted by atomic mass is 32.2. The van der Waals surface area contributed by atoms with E-state index in [2.05, 4.69) is 30.3 Å². The third-order valence-electron chi connectivity index (χ3n) is 5.48. The minimum absolute atomic E-state index is 0.00251. The molecule has 152 valence electrons. The summed E-state index contributed by atoms with van der Waals surface area (Å²) in [4.78, 5) is 0. The van der Waals surface area contributed by atoms with Crippen molar-refractivity contribution in [3.05, 3.63) is 54.1 Å². The van der Waals surface area contributed by atoms with Gasteiger partial charge in [-0.25, -0.2) is 8.42 Å². The van der Waals surface area contributed by atoms with Crippen LogP contribution >= 0.6 is 0 Å². The van der Waals surface area contributed by atoms with Gasteiger partial charge in [0.15, 0.2) is 9.84 Å². The number of hydrogen-bond acceptors (Lipinski definition) is 4. The molecule has 1 aliphatic heterocycles. The molecule has 0 aliphatic carbocycles. The maximum Gasteiger partial charge on any atom is 0.153 e. The van der Waals surface area contributed by atoms with Crippen LogP contribution in [-0.4, -0.2) is 39.2 Å². The molecule has 3 rings (SSSR count). The predicted molar refractivity (Wildman–Crippen MR) is 114 cm³/mol. The van der Waals surface area contributed by atoms with E-state index < -0.39 is 9.84 Å². The Morgan fingerprint density at radius 1 is 1.11 bits per heavy atom. The minimum Gasteiger partial charge on any atom is -0.493 e. The number of hydrogen-bond donors (Lipinski definition) is 0. The Labute approximate surface area is 168 Å². The van der Waals surface area contributed by atoms with Gasteiger partial charge in [0.2, 0.25) is 0 Å². The van der Waals surface area contributed by atoms with E-state index >= 15 is 0 Å². The molecule has 0 N–H and O–H groups in total. The number of rotatable bonds is 7. The Morgan fingerprint density at radius 3 is 2.50 bits per heavy atom. The van der Waals surface area contributed by atoms with E-state index in [9.17, 15) is 8.42 Å². The van der Waals surface area contributed by atoms with Gasteiger partial charge in [-0.05, 0) is 50.3 Å². The summed E-state index contributed by atoms with van der Waals surface area (Å²) in [6, 6.07) is 16.5. The zero-order valence-electron chi connectivity index (χ0n) is 16.9. The van der Waals surface area contributed by atoms with Gasteiger partial charge in [-0.3, -0.25) is 0 Å². The summed E-state index contributed by atoms with van der Waals surface area (Å²) in [5.74, 6) is 1.27. The van der Waals surface area contributed by atoms with Crippen LogP contribution < -0.4 is 4.74 Å². The molecule has 1 aliphatic rings. The van der Waals surface area contributed by atoms with Crippen LogP contribution in [0.2, 0.25) is 0 Å². The maximum absolute atomic E-state index is 12.4. The van der Waals surface area contributed by atoms with E-state index in [0.29, 0.717) is 19.8 Å². The van der Waals surface area contributed by atoms with E-state index in [4.69, 9.17) is 9.47 Å². The van der Waals surface area contributed by atoms with Crippen molar-refractivity contribution in [2.75, 3.05) is 25.6 Å². The summed E-state index contributed by atoms with van der Waals surface area (Å²) in [7, 11) is -3.10. The van der Waals surface area contributed by atoms with Crippen LogP contribution in [0.25, 0.3) is 11.1 Å². The number of benzene rings is 2. The van der Waals surface area contributed by atoms with Gasteiger partial charge in [-0.2, -0.15) is 0 Å². The standard InChI is InChI=1S/C23H30O4S/c1-4-27-23-8-6-5-7-22(23)19-11-9-18(10-12-19)21-13-14-26-15-20(21)16-28(24,25)17(2)3/h5-12,17,20-21H,4,13-16H2,1-3H3/t20-,21+/m0/s1. The smallest absolute Gasteiger partial charge is 0.153 e. The molecule has 0 aromatic heterocycles. The Kier molecular flexibility index (Phi) is 6.78. The average Bonchev–Trinajstić information content (AvgIpc) is 2.69. The van der Waals surface area contributed by atoms with Gasteiger partial charge < -0.3 is 9.47 Å². The Morgan fingerprint density at radius 2 is 1.82 bits per heavy atom. The van der Waals surface area contributed by atoms with Gasteiger partial charge in [-0.15, -0.1) is 0 Å². The normalized spacial score (nSPS) is 20.3. The predicted octanol–water partition coefficient (Wildman–Crippen LogP) is 4.70. The Bertz CT molecular complexity index is 872. The van der Waals surface area contributed by atoms with E-state index in [1.54, 1.807) is 13.8 Å². The van der Waals surface area contributed by atoms with Gasteiger partial charge >= 0.3 is 0 Å². The van der Waals surface area contributed by atoms with Crippen LogP contribution in [0.3, 0.4) is 0 Å². The summed E-state index contributed by atoms with van der Waals surface area (Å²) in [6.45, 7) is 7.29. The zero-order valence-corrected chi connectivity index (χ0v) is 17.7. The van der Waals surface area contributed by atoms with Gasteiger partial charge in [0, 0.05) is 18.1 Å². The summed E-state index contributed by atoms with van der Waals surface area (Å²) in [6.07, 6.45) is 0.854. The van der Waals surface area contributed by atoms with Crippen molar-refractivity contribution in [1.82, 2.24) is 0 Å². The quantitative estimate of drug-likeness (QED) is 0.674. The fourth-order valence-electron chi connectivity index (χ4n) is 3.79. The molecule has 1 saturated heterocycles. The molecule has 2 aromatic rings. The highest BCUT2D eigenvalue weighted by Crippen LogP contribution is 2.36. The van der Waals surface area contributed by atoms with Crippen molar-refractivity contribution in [3.8, 4) is 16.9 Å². The maximum atomic E-state index is 12.4. The molecule has 0 spiro atoms. The lowest BCUT2D eigenvalue weighted by Gasteiger charge is -2.32. The molecule has 0 saturated carbocycles. The van der Waals surface area contributed by atoms with Gasteiger partial charge in [0.05, 0.1) is 24.2 Å². The number of sulfone groups is 1. The third-order valence-corrected chi connectivity index (χ3v) is 7.80. The first-order chi connectivity index (χ1) is 13.4. The van der Waals surface area contributed by atoms with E-state index in [1.165, 1.54) is 5.56 Å². The SMILES string of the molecule is CCOc1ccccc1-c1ccc([C@H]2CCOC[C@H]2CS(=O)(=O)C(C)C)cc1. The van der Waals surface area contributed by atoms with E-state index in [0.717, 1.165) is 23.3 Å². The lowest BCUT2D eigenvalue weighted by atomic mass is 9.83. The van der Waals surface area contributed by atoms with Crippen LogP contribution in [0.15, 0.2) is 48.5 Å². The molecule has 1 heterocycles. The van der Waals surface area contributed by atoms with Crippen molar-refractivity contribution < 1.29 is 17.9 Å². The molecule has 0 amide bonds. The highest BCUT2D eigenvalue weighted by molar-refractivity contribution is 7.91. The van der Waals surface area contributed by atoms with Gasteiger partial charge in [0.1, 0.15) is 5.75 Å². The molecule has 0 radical (unpaired) electrons. The topological polar surface area (TPSA) is 52.6 Å². The lowest BCUT2D eigenvalue weighted by Crippen LogP contribution is -2.34. The Hall–Kier alpha value is -1.85. The second kappa shape index (κ2) is 9.10. The molecule has 2 aromatic carbocycles. The zero-order chi connectivity index (χ0) is 20.1. The molecule has 1 fully saturated rings. The summed E-state index contributed by atoms with van der Waals surface area (Å²) < 4.78 is 36.3. The second-order valence-electron chi connectivity index (χ2n) is 7.66. The van der Waals surface area contributed by atoms with Crippen LogP contribution in [-0.2, 0) is 14.6 Å². The number of para-hydroxylation sites is 1. The van der Waals surface area contributed by atoms with Gasteiger partial charge in [0.25, 0.3) is 0 Å². The monoisotopic (exact) mass is 402 g/mol. The first-order valence-corrected chi connectivity index (χ1v) is 11.8. The molecule has 5 heteroatoms. The molecule has 2 atom stereocenters. The lowest BCUT2D eigenvalue weighted by molar-refractivity contribution is 0.0483. The fraction of sp³-hybridized carbons (Fsp3) is 0.478. The van der Waals surface area contributed by atoms with Crippen LogP contribution in [0.5, 0.6) is 5.75 Å². The molecular formula is C23H30O4S. The fourth-order valence-corrected chi connectivity index (χ4v) is 5.10. The van der Waals surface area contributed by atoms with Crippen molar-refractivity contribution >= 4 is 9.84 Å². The number of ether oxygens (including phenoxy) is 2. The Balaban J connectivity index is 1.83. The minimum atomic E-state index is -3.10. The summed E-state index contributed by atoms with van der Waals surface area (Å²) in [5, 5.41) is -0.354. The second-order valence-corrected chi connectivity index (χ2v) is 10.3. The molecule has 0 unspecified atom stereocenters. The van der Waals surface area contributed by atoms with Crippen molar-refractivity contribution in [3.63, 3.8) is 0 Å². The average molecular weight is 403 g/mol. The largest absolute Gasteiger partial charge is 0.493 e. The van der Waals surface area contributed by atoms with Crippen molar-refractivity contribution in [2.45, 2.75) is 38.4 Å². The van der Waals surface area contributed by atoms with Gasteiger partial charge in [-0.1, -0.05) is 42.5 Å². The first-order valence-electron chi connectivity index (χ1n) is 10.0. The first kappa shape index (κ1) is 20.9. The van der Waals surface area contributed by atoms with Crippen LogP contribution in [0.4, 0.5) is 0 Å². The summed E-state index contributed by atoms with van der Waals surface area (Å²) in [5.41, 5.74) is 3.36. The third kappa shape index (κ3) is 4.76. The summed E-state index contributed by atoms with van der Waals surface area (Å²) >= 11 is 0. The molecule has 0 bridgehead atoms. The van der Waals surface area contributed by atoms with Crippen LogP contribution in [0.1, 0.15) is 38.7 Å². The van der Waals surface area contributed by atoms with Crippen molar-refractivity contribution in [1.29, 1.82) is 0 Å². The highest BCUT2D eigenvalue weighted by Gasteiger charge is 2.32. The molecular weight excluding hydrogens is 372 g/mol. The molecule has 4 nitrogen and oxygen atoms in total. The van der Waals surface area contributed by atoms with Crippen LogP contribution in [0, 0.1) is 5.92 Å². The van der Waals surface area contributed by atoms with E-state index in [-0.39, 0.29) is 22.8 Å². The molecule has 28 heavy (non-hydrogen) atoms.